The van der Waals surface area contributed by atoms with Crippen molar-refractivity contribution in [1.29, 1.82) is 0 Å². The molecule has 0 amide bonds. The van der Waals surface area contributed by atoms with Gasteiger partial charge in [0, 0.05) is 53.9 Å². The highest BCUT2D eigenvalue weighted by atomic mass is 32.2. The van der Waals surface area contributed by atoms with E-state index in [1.807, 2.05) is 88.5 Å². The summed E-state index contributed by atoms with van der Waals surface area (Å²) in [6.07, 6.45) is 27.6. The Hall–Kier alpha value is -4.62. The van der Waals surface area contributed by atoms with Gasteiger partial charge in [-0.15, -0.1) is 0 Å². The molecule has 5 rings (SSSR count). The summed E-state index contributed by atoms with van der Waals surface area (Å²) >= 11 is 0. The average Bonchev–Trinajstić information content (AvgIpc) is 3.42. The van der Waals surface area contributed by atoms with Crippen molar-refractivity contribution < 1.29 is 40.4 Å². The fourth-order valence-electron chi connectivity index (χ4n) is 7.40. The Balaban J connectivity index is 1.45. The van der Waals surface area contributed by atoms with Gasteiger partial charge in [-0.2, -0.15) is 13.0 Å². The summed E-state index contributed by atoms with van der Waals surface area (Å²) in [6.45, 7) is 9.29. The maximum Gasteiger partial charge on any atom is 0.303 e. The van der Waals surface area contributed by atoms with Crippen molar-refractivity contribution in [2.45, 2.75) is 86.8 Å². The minimum absolute atomic E-state index is 0.0969. The molecular weight excluding hydrogens is 725 g/mol. The van der Waals surface area contributed by atoms with E-state index in [0.29, 0.717) is 25.9 Å². The molecule has 1 aliphatic carbocycles. The third-order valence-electron chi connectivity index (χ3n) is 10.2. The van der Waals surface area contributed by atoms with Crippen LogP contribution in [0.15, 0.2) is 130 Å². The van der Waals surface area contributed by atoms with Crippen LogP contribution in [0.2, 0.25) is 0 Å². The predicted octanol–water partition coefficient (Wildman–Crippen LogP) is 8.04. The highest BCUT2D eigenvalue weighted by Crippen LogP contribution is 2.48. The Morgan fingerprint density at radius 3 is 2.26 bits per heavy atom. The largest absolute Gasteiger partial charge is 0.744 e. The van der Waals surface area contributed by atoms with E-state index in [0.717, 1.165) is 53.2 Å². The Morgan fingerprint density at radius 1 is 0.833 bits per heavy atom. The summed E-state index contributed by atoms with van der Waals surface area (Å²) in [5.41, 5.74) is 5.05. The molecule has 0 bridgehead atoms. The molecule has 54 heavy (non-hydrogen) atoms. The first-order chi connectivity index (χ1) is 25.4. The Labute approximate surface area is 319 Å². The standard InChI is InChI=1S/C42H48N2O8S2/c1-41(2)34-29-32(53(47,48)49)23-25-36(34)43(27-15-9-14-22-40(45)46)38(41)20-12-8-13-21-39-42(3,4)35-30-33(54(50,51)52)24-26-37(35)44(39)28-16-19-31-17-10-6-5-7-11-18-31/h5-8,10-13,17-18,20-21,23-26,29-30H,9,14-16,19,22,27-28H2,1-4H3,(H2-,45,46,47,48,49,50,51,52)/b6-5-,7-5?,10-6?,11-7-,17-10-,18-11?,31-17?,31-18+. The SMILES string of the molecule is CC1(C)C(/C=C/C=C/C=C2/N(CCCCCC(=O)O)c3ccc(S(=O)(=O)O)cc3C2(C)C)=[N+](CCCC2=C/C=C\C=C/C=C\2)c2ccc(S(=O)(=O)[O-])cc21. The highest BCUT2D eigenvalue weighted by molar-refractivity contribution is 7.86. The van der Waals surface area contributed by atoms with Crippen molar-refractivity contribution in [1.82, 2.24) is 0 Å². The zero-order valence-electron chi connectivity index (χ0n) is 31.1. The van der Waals surface area contributed by atoms with Gasteiger partial charge in [-0.1, -0.05) is 81.0 Å². The number of aliphatic carboxylic acids is 1. The number of anilines is 1. The quantitative estimate of drug-likeness (QED) is 0.0792. The van der Waals surface area contributed by atoms with Gasteiger partial charge in [0.2, 0.25) is 5.69 Å². The Morgan fingerprint density at radius 2 is 1.54 bits per heavy atom. The van der Waals surface area contributed by atoms with E-state index >= 15 is 0 Å². The van der Waals surface area contributed by atoms with E-state index in [9.17, 15) is 30.7 Å². The molecular formula is C42H48N2O8S2. The Bertz CT molecular complexity index is 2270. The molecule has 12 heteroatoms. The molecule has 2 aromatic carbocycles. The van der Waals surface area contributed by atoms with Crippen molar-refractivity contribution in [2.75, 3.05) is 18.0 Å². The van der Waals surface area contributed by atoms with Crippen molar-refractivity contribution in [3.63, 3.8) is 0 Å². The van der Waals surface area contributed by atoms with E-state index in [1.165, 1.54) is 29.8 Å². The van der Waals surface area contributed by atoms with Crippen molar-refractivity contribution in [3.05, 3.63) is 132 Å². The molecule has 3 aliphatic rings. The smallest absolute Gasteiger partial charge is 0.303 e. The number of hydrogen-bond acceptors (Lipinski definition) is 7. The van der Waals surface area contributed by atoms with Gasteiger partial charge in [-0.3, -0.25) is 9.35 Å². The number of unbranched alkanes of at least 4 members (excludes halogenated alkanes) is 2. The highest BCUT2D eigenvalue weighted by Gasteiger charge is 2.44. The molecule has 0 saturated carbocycles. The first-order valence-corrected chi connectivity index (χ1v) is 20.9. The monoisotopic (exact) mass is 772 g/mol. The number of fused-ring (bicyclic) bond motifs is 2. The van der Waals surface area contributed by atoms with Gasteiger partial charge in [-0.05, 0) is 80.7 Å². The number of benzene rings is 2. The number of carbonyl (C=O) groups is 1. The molecule has 2 aliphatic heterocycles. The fourth-order valence-corrected chi connectivity index (χ4v) is 8.41. The molecule has 0 spiro atoms. The van der Waals surface area contributed by atoms with Gasteiger partial charge in [0.05, 0.1) is 15.2 Å². The minimum atomic E-state index is -4.65. The molecule has 286 valence electrons. The van der Waals surface area contributed by atoms with Gasteiger partial charge in [-0.25, -0.2) is 8.42 Å². The number of allylic oxidation sites excluding steroid dienone is 14. The van der Waals surface area contributed by atoms with Crippen LogP contribution >= 0.6 is 0 Å². The summed E-state index contributed by atoms with van der Waals surface area (Å²) < 4.78 is 71.9. The molecule has 2 N–H and O–H groups in total. The summed E-state index contributed by atoms with van der Waals surface area (Å²) in [5, 5.41) is 9.05. The van der Waals surface area contributed by atoms with Crippen LogP contribution in [0.4, 0.5) is 11.4 Å². The maximum atomic E-state index is 12.0. The van der Waals surface area contributed by atoms with E-state index in [-0.39, 0.29) is 16.2 Å². The summed E-state index contributed by atoms with van der Waals surface area (Å²) in [4.78, 5) is 12.7. The van der Waals surface area contributed by atoms with Crippen LogP contribution in [0.1, 0.15) is 77.3 Å². The maximum absolute atomic E-state index is 12.0. The number of carboxylic acid groups (broad SMARTS) is 1. The zero-order chi connectivity index (χ0) is 39.3. The van der Waals surface area contributed by atoms with Gasteiger partial charge >= 0.3 is 5.97 Å². The second-order valence-electron chi connectivity index (χ2n) is 14.7. The second-order valence-corrected chi connectivity index (χ2v) is 17.5. The topological polar surface area (TPSA) is 155 Å². The summed E-state index contributed by atoms with van der Waals surface area (Å²) in [6, 6.07) is 9.19. The first-order valence-electron chi connectivity index (χ1n) is 18.0. The molecule has 10 nitrogen and oxygen atoms in total. The summed E-state index contributed by atoms with van der Waals surface area (Å²) in [7, 11) is -9.06. The molecule has 0 unspecified atom stereocenters. The van der Waals surface area contributed by atoms with Crippen LogP contribution in [0.25, 0.3) is 0 Å². The molecule has 2 aromatic rings. The minimum Gasteiger partial charge on any atom is -0.744 e. The third kappa shape index (κ3) is 9.18. The fraction of sp³-hybridized carbons (Fsp3) is 0.333. The summed E-state index contributed by atoms with van der Waals surface area (Å²) in [5.74, 6) is -0.832. The first kappa shape index (κ1) is 40.6. The second kappa shape index (κ2) is 16.4. The molecule has 2 heterocycles. The lowest BCUT2D eigenvalue weighted by atomic mass is 9.81. The zero-order valence-corrected chi connectivity index (χ0v) is 32.7. The molecule has 0 aromatic heterocycles. The van der Waals surface area contributed by atoms with E-state index < -0.39 is 37.0 Å². The number of hydrogen-bond donors (Lipinski definition) is 2. The van der Waals surface area contributed by atoms with Crippen molar-refractivity contribution in [2.24, 2.45) is 0 Å². The number of carboxylic acids is 1. The molecule has 0 saturated heterocycles. The van der Waals surface area contributed by atoms with Crippen LogP contribution in [-0.2, 0) is 35.9 Å². The van der Waals surface area contributed by atoms with Gasteiger partial charge in [0.25, 0.3) is 10.1 Å². The predicted molar refractivity (Wildman–Crippen MR) is 211 cm³/mol. The van der Waals surface area contributed by atoms with E-state index in [4.69, 9.17) is 5.11 Å². The van der Waals surface area contributed by atoms with Crippen LogP contribution in [0, 0.1) is 0 Å². The number of rotatable bonds is 15. The molecule has 0 atom stereocenters. The van der Waals surface area contributed by atoms with Crippen molar-refractivity contribution >= 4 is 43.3 Å². The average molecular weight is 773 g/mol. The van der Waals surface area contributed by atoms with E-state index in [2.05, 4.69) is 21.6 Å². The third-order valence-corrected chi connectivity index (χ3v) is 11.9. The normalized spacial score (nSPS) is 21.2. The van der Waals surface area contributed by atoms with E-state index in [1.54, 1.807) is 12.1 Å². The van der Waals surface area contributed by atoms with Crippen LogP contribution in [0.5, 0.6) is 0 Å². The van der Waals surface area contributed by atoms with Crippen LogP contribution in [-0.4, -0.2) is 60.4 Å². The van der Waals surface area contributed by atoms with Crippen LogP contribution in [0.3, 0.4) is 0 Å². The van der Waals surface area contributed by atoms with Gasteiger partial charge < -0.3 is 14.6 Å². The molecule has 0 radical (unpaired) electrons. The lowest BCUT2D eigenvalue weighted by Crippen LogP contribution is -2.28. The van der Waals surface area contributed by atoms with Crippen molar-refractivity contribution in [3.8, 4) is 0 Å². The van der Waals surface area contributed by atoms with Gasteiger partial charge in [0.15, 0.2) is 5.71 Å². The lowest BCUT2D eigenvalue weighted by Gasteiger charge is -2.27. The Kier molecular flexibility index (Phi) is 12.3. The number of nitrogens with zero attached hydrogens (tertiary/aromatic N) is 2. The molecule has 0 fully saturated rings. The van der Waals surface area contributed by atoms with Gasteiger partial charge in [0.1, 0.15) is 16.7 Å². The lowest BCUT2D eigenvalue weighted by molar-refractivity contribution is -0.438. The van der Waals surface area contributed by atoms with Crippen LogP contribution < -0.4 is 4.90 Å².